The summed E-state index contributed by atoms with van der Waals surface area (Å²) >= 11 is 3.19. The van der Waals surface area contributed by atoms with Crippen molar-refractivity contribution >= 4 is 34.3 Å². The van der Waals surface area contributed by atoms with Crippen molar-refractivity contribution in [2.24, 2.45) is 5.73 Å². The van der Waals surface area contributed by atoms with Crippen molar-refractivity contribution in [2.75, 3.05) is 5.32 Å². The summed E-state index contributed by atoms with van der Waals surface area (Å²) in [5.41, 5.74) is 6.86. The summed E-state index contributed by atoms with van der Waals surface area (Å²) in [6, 6.07) is 3.85. The molecular formula is C10H10N2OS2. The maximum absolute atomic E-state index is 10.9. The van der Waals surface area contributed by atoms with E-state index in [1.54, 1.807) is 16.7 Å². The van der Waals surface area contributed by atoms with Crippen molar-refractivity contribution in [2.45, 2.75) is 6.54 Å². The molecule has 0 saturated carbocycles. The SMILES string of the molecule is NC(=O)c1csc(CNc2ccsc2)c1. The average molecular weight is 238 g/mol. The van der Waals surface area contributed by atoms with Gasteiger partial charge in [-0.2, -0.15) is 11.3 Å². The minimum Gasteiger partial charge on any atom is -0.379 e. The third-order valence-electron chi connectivity index (χ3n) is 1.93. The fourth-order valence-corrected chi connectivity index (χ4v) is 2.58. The molecule has 0 fully saturated rings. The number of anilines is 1. The predicted molar refractivity (Wildman–Crippen MR) is 64.5 cm³/mol. The Morgan fingerprint density at radius 1 is 1.47 bits per heavy atom. The van der Waals surface area contributed by atoms with Crippen LogP contribution in [0.2, 0.25) is 0 Å². The number of hydrogen-bond donors (Lipinski definition) is 2. The first-order valence-electron chi connectivity index (χ1n) is 4.39. The first-order valence-corrected chi connectivity index (χ1v) is 6.21. The maximum Gasteiger partial charge on any atom is 0.249 e. The van der Waals surface area contributed by atoms with Gasteiger partial charge >= 0.3 is 0 Å². The van der Waals surface area contributed by atoms with Crippen LogP contribution in [0.1, 0.15) is 15.2 Å². The van der Waals surface area contributed by atoms with Crippen LogP contribution >= 0.6 is 22.7 Å². The molecule has 0 bridgehead atoms. The zero-order valence-electron chi connectivity index (χ0n) is 7.90. The van der Waals surface area contributed by atoms with Crippen molar-refractivity contribution in [1.29, 1.82) is 0 Å². The summed E-state index contributed by atoms with van der Waals surface area (Å²) in [7, 11) is 0. The minimum absolute atomic E-state index is 0.368. The molecule has 2 aromatic rings. The second kappa shape index (κ2) is 4.46. The first kappa shape index (κ1) is 10.2. The lowest BCUT2D eigenvalue weighted by atomic mass is 10.3. The van der Waals surface area contributed by atoms with Crippen LogP contribution in [0.5, 0.6) is 0 Å². The highest BCUT2D eigenvalue weighted by atomic mass is 32.1. The van der Waals surface area contributed by atoms with Gasteiger partial charge in [-0.05, 0) is 17.5 Å². The van der Waals surface area contributed by atoms with E-state index < -0.39 is 0 Å². The maximum atomic E-state index is 10.9. The van der Waals surface area contributed by atoms with Gasteiger partial charge in [-0.3, -0.25) is 4.79 Å². The van der Waals surface area contributed by atoms with Gasteiger partial charge in [0.2, 0.25) is 5.91 Å². The number of nitrogens with one attached hydrogen (secondary N) is 1. The van der Waals surface area contributed by atoms with E-state index in [2.05, 4.69) is 5.32 Å². The van der Waals surface area contributed by atoms with Gasteiger partial charge in [-0.15, -0.1) is 11.3 Å². The molecule has 0 aliphatic heterocycles. The summed E-state index contributed by atoms with van der Waals surface area (Å²) in [5, 5.41) is 9.11. The quantitative estimate of drug-likeness (QED) is 0.860. The number of carbonyl (C=O) groups excluding carboxylic acids is 1. The van der Waals surface area contributed by atoms with Crippen LogP contribution in [0.4, 0.5) is 5.69 Å². The number of nitrogens with two attached hydrogens (primary N) is 1. The molecule has 2 heterocycles. The van der Waals surface area contributed by atoms with E-state index in [-0.39, 0.29) is 5.91 Å². The molecule has 3 N–H and O–H groups in total. The minimum atomic E-state index is -0.368. The zero-order chi connectivity index (χ0) is 10.7. The molecule has 0 aromatic carbocycles. The molecule has 5 heteroatoms. The van der Waals surface area contributed by atoms with Gasteiger partial charge in [0.05, 0.1) is 5.56 Å². The lowest BCUT2D eigenvalue weighted by Crippen LogP contribution is -2.09. The standard InChI is InChI=1S/C10H10N2OS2/c11-10(13)7-3-9(15-5-7)4-12-8-1-2-14-6-8/h1-3,5-6,12H,4H2,(H2,11,13). The van der Waals surface area contributed by atoms with Crippen LogP contribution < -0.4 is 11.1 Å². The van der Waals surface area contributed by atoms with E-state index in [0.717, 1.165) is 17.1 Å². The average Bonchev–Trinajstić information content (AvgIpc) is 2.86. The second-order valence-electron chi connectivity index (χ2n) is 3.03. The zero-order valence-corrected chi connectivity index (χ0v) is 9.53. The van der Waals surface area contributed by atoms with E-state index in [1.807, 2.05) is 22.9 Å². The Kier molecular flexibility index (Phi) is 3.03. The van der Waals surface area contributed by atoms with Crippen molar-refractivity contribution < 1.29 is 4.79 Å². The molecule has 3 nitrogen and oxygen atoms in total. The number of amides is 1. The smallest absolute Gasteiger partial charge is 0.249 e. The van der Waals surface area contributed by atoms with Gasteiger partial charge in [-0.25, -0.2) is 0 Å². The largest absolute Gasteiger partial charge is 0.379 e. The van der Waals surface area contributed by atoms with E-state index in [0.29, 0.717) is 5.56 Å². The Morgan fingerprint density at radius 3 is 2.93 bits per heavy atom. The molecule has 2 aromatic heterocycles. The molecule has 0 aliphatic rings. The molecular weight excluding hydrogens is 228 g/mol. The first-order chi connectivity index (χ1) is 7.25. The summed E-state index contributed by atoms with van der Waals surface area (Å²) in [5.74, 6) is -0.368. The van der Waals surface area contributed by atoms with Crippen LogP contribution in [0.3, 0.4) is 0 Å². The van der Waals surface area contributed by atoms with Crippen molar-refractivity contribution in [3.05, 3.63) is 38.7 Å². The normalized spacial score (nSPS) is 10.1. The molecule has 0 aliphatic carbocycles. The molecule has 15 heavy (non-hydrogen) atoms. The fraction of sp³-hybridized carbons (Fsp3) is 0.100. The second-order valence-corrected chi connectivity index (χ2v) is 4.81. The third kappa shape index (κ3) is 2.57. The third-order valence-corrected chi connectivity index (χ3v) is 3.55. The monoisotopic (exact) mass is 238 g/mol. The highest BCUT2D eigenvalue weighted by molar-refractivity contribution is 7.10. The molecule has 0 saturated heterocycles. The predicted octanol–water partition coefficient (Wildman–Crippen LogP) is 2.52. The molecule has 0 radical (unpaired) electrons. The van der Waals surface area contributed by atoms with E-state index in [4.69, 9.17) is 5.73 Å². The van der Waals surface area contributed by atoms with Gasteiger partial charge in [-0.1, -0.05) is 0 Å². The fourth-order valence-electron chi connectivity index (χ4n) is 1.16. The Balaban J connectivity index is 1.96. The molecule has 0 unspecified atom stereocenters. The summed E-state index contributed by atoms with van der Waals surface area (Å²) < 4.78 is 0. The van der Waals surface area contributed by atoms with Gasteiger partial charge in [0.15, 0.2) is 0 Å². The Labute approximate surface area is 95.6 Å². The number of rotatable bonds is 4. The van der Waals surface area contributed by atoms with Gasteiger partial charge < -0.3 is 11.1 Å². The lowest BCUT2D eigenvalue weighted by molar-refractivity contribution is 0.100. The molecule has 78 valence electrons. The summed E-state index contributed by atoms with van der Waals surface area (Å²) in [6.07, 6.45) is 0. The topological polar surface area (TPSA) is 55.1 Å². The van der Waals surface area contributed by atoms with Gasteiger partial charge in [0.25, 0.3) is 0 Å². The Morgan fingerprint density at radius 2 is 2.33 bits per heavy atom. The van der Waals surface area contributed by atoms with Crippen molar-refractivity contribution in [3.63, 3.8) is 0 Å². The van der Waals surface area contributed by atoms with E-state index >= 15 is 0 Å². The number of hydrogen-bond acceptors (Lipinski definition) is 4. The van der Waals surface area contributed by atoms with Crippen LogP contribution in [0, 0.1) is 0 Å². The van der Waals surface area contributed by atoms with E-state index in [9.17, 15) is 4.79 Å². The Hall–Kier alpha value is -1.33. The highest BCUT2D eigenvalue weighted by Crippen LogP contribution is 2.17. The summed E-state index contributed by atoms with van der Waals surface area (Å²) in [6.45, 7) is 0.731. The number of thiophene rings is 2. The highest BCUT2D eigenvalue weighted by Gasteiger charge is 2.04. The Bertz CT molecular complexity index is 448. The molecule has 2 rings (SSSR count). The van der Waals surface area contributed by atoms with Crippen molar-refractivity contribution in [3.8, 4) is 0 Å². The van der Waals surface area contributed by atoms with Crippen LogP contribution in [-0.2, 0) is 6.54 Å². The lowest BCUT2D eigenvalue weighted by Gasteiger charge is -1.99. The van der Waals surface area contributed by atoms with Crippen molar-refractivity contribution in [1.82, 2.24) is 0 Å². The number of primary amides is 1. The van der Waals surface area contributed by atoms with Crippen LogP contribution in [-0.4, -0.2) is 5.91 Å². The van der Waals surface area contributed by atoms with E-state index in [1.165, 1.54) is 11.3 Å². The van der Waals surface area contributed by atoms with Crippen LogP contribution in [0.25, 0.3) is 0 Å². The summed E-state index contributed by atoms with van der Waals surface area (Å²) in [4.78, 5) is 12.0. The molecule has 1 amide bonds. The van der Waals surface area contributed by atoms with Crippen LogP contribution in [0.15, 0.2) is 28.3 Å². The van der Waals surface area contributed by atoms with Gasteiger partial charge in [0.1, 0.15) is 0 Å². The molecule has 0 atom stereocenters. The van der Waals surface area contributed by atoms with Gasteiger partial charge in [0, 0.05) is 27.9 Å². The number of carbonyl (C=O) groups is 1. The molecule has 0 spiro atoms.